The third-order valence-corrected chi connectivity index (χ3v) is 4.49. The summed E-state index contributed by atoms with van der Waals surface area (Å²) >= 11 is 12.7. The quantitative estimate of drug-likeness (QED) is 0.580. The highest BCUT2D eigenvalue weighted by molar-refractivity contribution is 7.14. The molecule has 0 unspecified atom stereocenters. The molecule has 4 N–H and O–H groups in total. The van der Waals surface area contributed by atoms with E-state index < -0.39 is 36.8 Å². The van der Waals surface area contributed by atoms with E-state index in [0.29, 0.717) is 5.02 Å². The molecule has 27 heavy (non-hydrogen) atoms. The van der Waals surface area contributed by atoms with Crippen LogP contribution in [-0.2, 0) is 14.3 Å². The zero-order chi connectivity index (χ0) is 20.0. The number of rotatable bonds is 7. The standard InChI is InChI=1S/C16H13Cl2N3O5S/c17-8-1-2-9(11(18)5-8)15(25)20-6-13(23)26-7-12(22)21-16-10(14(19)24)3-4-27-16/h1-5H,6-7H2,(H2,19,24)(H,20,25)(H,21,22). The van der Waals surface area contributed by atoms with Crippen molar-refractivity contribution in [3.63, 3.8) is 0 Å². The van der Waals surface area contributed by atoms with Crippen molar-refractivity contribution in [2.45, 2.75) is 0 Å². The van der Waals surface area contributed by atoms with E-state index in [-0.39, 0.29) is 21.2 Å². The van der Waals surface area contributed by atoms with E-state index >= 15 is 0 Å². The van der Waals surface area contributed by atoms with Gasteiger partial charge in [-0.25, -0.2) is 0 Å². The van der Waals surface area contributed by atoms with Gasteiger partial charge >= 0.3 is 5.97 Å². The van der Waals surface area contributed by atoms with Crippen LogP contribution in [-0.4, -0.2) is 36.8 Å². The molecule has 142 valence electrons. The minimum atomic E-state index is -0.829. The normalized spacial score (nSPS) is 10.1. The molecule has 2 aromatic rings. The summed E-state index contributed by atoms with van der Waals surface area (Å²) in [7, 11) is 0. The first-order valence-corrected chi connectivity index (χ1v) is 8.97. The molecule has 0 fully saturated rings. The molecule has 1 heterocycles. The van der Waals surface area contributed by atoms with E-state index in [1.807, 2.05) is 0 Å². The highest BCUT2D eigenvalue weighted by atomic mass is 35.5. The minimum Gasteiger partial charge on any atom is -0.454 e. The summed E-state index contributed by atoms with van der Waals surface area (Å²) in [5, 5.41) is 7.08. The Balaban J connectivity index is 1.78. The SMILES string of the molecule is NC(=O)c1ccsc1NC(=O)COC(=O)CNC(=O)c1ccc(Cl)cc1Cl. The lowest BCUT2D eigenvalue weighted by molar-refractivity contribution is -0.146. The van der Waals surface area contributed by atoms with Gasteiger partial charge in [0.05, 0.1) is 16.1 Å². The van der Waals surface area contributed by atoms with Gasteiger partial charge in [-0.1, -0.05) is 23.2 Å². The number of amides is 3. The summed E-state index contributed by atoms with van der Waals surface area (Å²) in [5.74, 6) is -2.76. The lowest BCUT2D eigenvalue weighted by Gasteiger charge is -2.08. The number of halogens is 2. The summed E-state index contributed by atoms with van der Waals surface area (Å²) in [5.41, 5.74) is 5.47. The molecule has 1 aromatic heterocycles. The molecular weight excluding hydrogens is 417 g/mol. The maximum Gasteiger partial charge on any atom is 0.325 e. The Hall–Kier alpha value is -2.62. The second-order valence-corrected chi connectivity index (χ2v) is 6.80. The molecule has 0 aliphatic heterocycles. The molecule has 1 aromatic carbocycles. The fraction of sp³-hybridized carbons (Fsp3) is 0.125. The Morgan fingerprint density at radius 1 is 1.11 bits per heavy atom. The highest BCUT2D eigenvalue weighted by Gasteiger charge is 2.15. The van der Waals surface area contributed by atoms with Crippen LogP contribution in [0.15, 0.2) is 29.6 Å². The summed E-state index contributed by atoms with van der Waals surface area (Å²) in [4.78, 5) is 46.6. The van der Waals surface area contributed by atoms with Gasteiger partial charge in [0.25, 0.3) is 17.7 Å². The lowest BCUT2D eigenvalue weighted by atomic mass is 10.2. The van der Waals surface area contributed by atoms with Crippen LogP contribution in [0.5, 0.6) is 0 Å². The Kier molecular flexibility index (Phi) is 7.17. The maximum atomic E-state index is 12.0. The first kappa shape index (κ1) is 20.7. The average Bonchev–Trinajstić information content (AvgIpc) is 3.06. The van der Waals surface area contributed by atoms with E-state index in [0.717, 1.165) is 11.3 Å². The smallest absolute Gasteiger partial charge is 0.325 e. The zero-order valence-electron chi connectivity index (χ0n) is 13.6. The van der Waals surface area contributed by atoms with Gasteiger partial charge in [-0.2, -0.15) is 0 Å². The second-order valence-electron chi connectivity index (χ2n) is 5.04. The number of carbonyl (C=O) groups excluding carboxylic acids is 4. The van der Waals surface area contributed by atoms with Crippen LogP contribution >= 0.6 is 34.5 Å². The highest BCUT2D eigenvalue weighted by Crippen LogP contribution is 2.22. The van der Waals surface area contributed by atoms with Crippen LogP contribution in [0.1, 0.15) is 20.7 Å². The van der Waals surface area contributed by atoms with Crippen molar-refractivity contribution in [3.05, 3.63) is 50.8 Å². The van der Waals surface area contributed by atoms with Crippen molar-refractivity contribution in [2.24, 2.45) is 5.73 Å². The van der Waals surface area contributed by atoms with E-state index in [1.54, 1.807) is 5.38 Å². The van der Waals surface area contributed by atoms with Crippen LogP contribution in [0.25, 0.3) is 0 Å². The summed E-state index contributed by atoms with van der Waals surface area (Å²) in [6, 6.07) is 5.75. The third-order valence-electron chi connectivity index (χ3n) is 3.12. The Labute approximate surface area is 167 Å². The molecule has 2 rings (SSSR count). The average molecular weight is 430 g/mol. The van der Waals surface area contributed by atoms with Gasteiger partial charge in [-0.05, 0) is 29.6 Å². The molecule has 3 amide bonds. The van der Waals surface area contributed by atoms with Gasteiger partial charge in [0.1, 0.15) is 11.5 Å². The van der Waals surface area contributed by atoms with Gasteiger partial charge in [0, 0.05) is 5.02 Å². The number of nitrogens with one attached hydrogen (secondary N) is 2. The first-order valence-electron chi connectivity index (χ1n) is 7.34. The number of esters is 1. The second kappa shape index (κ2) is 9.36. The Morgan fingerprint density at radius 3 is 2.52 bits per heavy atom. The van der Waals surface area contributed by atoms with Crippen molar-refractivity contribution in [1.29, 1.82) is 0 Å². The predicted molar refractivity (Wildman–Crippen MR) is 101 cm³/mol. The number of thiophene rings is 1. The van der Waals surface area contributed by atoms with Crippen LogP contribution in [0.3, 0.4) is 0 Å². The number of anilines is 1. The molecular formula is C16H13Cl2N3O5S. The van der Waals surface area contributed by atoms with E-state index in [2.05, 4.69) is 10.6 Å². The van der Waals surface area contributed by atoms with Crippen molar-refractivity contribution in [3.8, 4) is 0 Å². The molecule has 8 nitrogen and oxygen atoms in total. The number of hydrogen-bond acceptors (Lipinski definition) is 6. The molecule has 11 heteroatoms. The summed E-state index contributed by atoms with van der Waals surface area (Å²) < 4.78 is 4.76. The number of primary amides is 1. The number of nitrogens with two attached hydrogens (primary N) is 1. The molecule has 0 saturated heterocycles. The molecule has 0 aliphatic rings. The lowest BCUT2D eigenvalue weighted by Crippen LogP contribution is -2.32. The van der Waals surface area contributed by atoms with Crippen molar-refractivity contribution in [1.82, 2.24) is 5.32 Å². The topological polar surface area (TPSA) is 128 Å². The van der Waals surface area contributed by atoms with E-state index in [4.69, 9.17) is 33.7 Å². The van der Waals surface area contributed by atoms with Gasteiger partial charge in [0.2, 0.25) is 0 Å². The summed E-state index contributed by atoms with van der Waals surface area (Å²) in [6.07, 6.45) is 0. The molecule has 0 radical (unpaired) electrons. The van der Waals surface area contributed by atoms with Gasteiger partial charge in [0.15, 0.2) is 6.61 Å². The summed E-state index contributed by atoms with van der Waals surface area (Å²) in [6.45, 7) is -1.05. The number of benzene rings is 1. The Bertz CT molecular complexity index is 900. The molecule has 0 saturated carbocycles. The molecule has 0 atom stereocenters. The molecule has 0 bridgehead atoms. The first-order chi connectivity index (χ1) is 12.8. The Morgan fingerprint density at radius 2 is 1.85 bits per heavy atom. The fourth-order valence-corrected chi connectivity index (χ4v) is 3.18. The van der Waals surface area contributed by atoms with Crippen molar-refractivity contribution >= 4 is 63.2 Å². The van der Waals surface area contributed by atoms with Crippen LogP contribution in [0.4, 0.5) is 5.00 Å². The van der Waals surface area contributed by atoms with Gasteiger partial charge < -0.3 is 21.1 Å². The largest absolute Gasteiger partial charge is 0.454 e. The fourth-order valence-electron chi connectivity index (χ4n) is 1.88. The molecule has 0 aliphatic carbocycles. The number of hydrogen-bond donors (Lipinski definition) is 3. The third kappa shape index (κ3) is 5.95. The maximum absolute atomic E-state index is 12.0. The van der Waals surface area contributed by atoms with Crippen molar-refractivity contribution in [2.75, 3.05) is 18.5 Å². The number of carbonyl (C=O) groups is 4. The van der Waals surface area contributed by atoms with Gasteiger partial charge in [-0.15, -0.1) is 11.3 Å². The van der Waals surface area contributed by atoms with Gasteiger partial charge in [-0.3, -0.25) is 19.2 Å². The van der Waals surface area contributed by atoms with E-state index in [9.17, 15) is 19.2 Å². The monoisotopic (exact) mass is 429 g/mol. The van der Waals surface area contributed by atoms with Crippen LogP contribution < -0.4 is 16.4 Å². The van der Waals surface area contributed by atoms with Crippen molar-refractivity contribution < 1.29 is 23.9 Å². The predicted octanol–water partition coefficient (Wildman–Crippen LogP) is 2.07. The van der Waals surface area contributed by atoms with Crippen LogP contribution in [0, 0.1) is 0 Å². The van der Waals surface area contributed by atoms with E-state index in [1.165, 1.54) is 24.3 Å². The van der Waals surface area contributed by atoms with Crippen LogP contribution in [0.2, 0.25) is 10.0 Å². The number of ether oxygens (including phenoxy) is 1. The minimum absolute atomic E-state index is 0.133. The molecule has 0 spiro atoms. The zero-order valence-corrected chi connectivity index (χ0v) is 15.9.